The first-order chi connectivity index (χ1) is 10.7. The van der Waals surface area contributed by atoms with Crippen LogP contribution < -0.4 is 4.74 Å². The van der Waals surface area contributed by atoms with Gasteiger partial charge in [-0.25, -0.2) is 0 Å². The number of benzene rings is 1. The minimum Gasteiger partial charge on any atom is -0.492 e. The highest BCUT2D eigenvalue weighted by Gasteiger charge is 2.15. The van der Waals surface area contributed by atoms with Crippen molar-refractivity contribution in [2.75, 3.05) is 33.3 Å². The van der Waals surface area contributed by atoms with E-state index in [9.17, 15) is 0 Å². The van der Waals surface area contributed by atoms with E-state index in [1.807, 2.05) is 13.0 Å². The highest BCUT2D eigenvalue weighted by atomic mass is 16.5. The van der Waals surface area contributed by atoms with Crippen molar-refractivity contribution in [2.45, 2.75) is 20.0 Å². The highest BCUT2D eigenvalue weighted by molar-refractivity contribution is 5.33. The summed E-state index contributed by atoms with van der Waals surface area (Å²) in [6.45, 7) is 7.68. The van der Waals surface area contributed by atoms with Crippen LogP contribution in [0.4, 0.5) is 0 Å². The van der Waals surface area contributed by atoms with Gasteiger partial charge in [-0.3, -0.25) is 14.9 Å². The molecule has 1 aromatic heterocycles. The van der Waals surface area contributed by atoms with E-state index < -0.39 is 0 Å². The Labute approximate surface area is 131 Å². The Balaban J connectivity index is 1.51. The Morgan fingerprint density at radius 3 is 3.05 bits per heavy atom. The summed E-state index contributed by atoms with van der Waals surface area (Å²) >= 11 is 0. The third kappa shape index (κ3) is 3.87. The monoisotopic (exact) mass is 300 g/mol. The number of aromatic amines is 1. The van der Waals surface area contributed by atoms with E-state index in [-0.39, 0.29) is 0 Å². The van der Waals surface area contributed by atoms with Crippen LogP contribution in [0, 0.1) is 6.92 Å². The summed E-state index contributed by atoms with van der Waals surface area (Å²) in [6, 6.07) is 10.4. The molecule has 0 aliphatic carbocycles. The second kappa shape index (κ2) is 6.94. The average molecular weight is 300 g/mol. The molecule has 1 aliphatic heterocycles. The molecule has 0 bridgehead atoms. The Morgan fingerprint density at radius 2 is 2.23 bits per heavy atom. The summed E-state index contributed by atoms with van der Waals surface area (Å²) in [5, 5.41) is 7.29. The van der Waals surface area contributed by atoms with Crippen molar-refractivity contribution in [3.05, 3.63) is 47.3 Å². The molecule has 2 aromatic rings. The SMILES string of the molecule is Cc1cc(CN(C)CCN2CCOc3ccccc3C2)n[nH]1. The van der Waals surface area contributed by atoms with E-state index in [2.05, 4.69) is 51.3 Å². The third-order valence-corrected chi connectivity index (χ3v) is 4.02. The fourth-order valence-electron chi connectivity index (χ4n) is 2.79. The maximum Gasteiger partial charge on any atom is 0.123 e. The summed E-state index contributed by atoms with van der Waals surface area (Å²) in [6.07, 6.45) is 0. The van der Waals surface area contributed by atoms with E-state index in [0.29, 0.717) is 0 Å². The van der Waals surface area contributed by atoms with Crippen molar-refractivity contribution in [3.8, 4) is 5.75 Å². The van der Waals surface area contributed by atoms with Crippen LogP contribution in [0.15, 0.2) is 30.3 Å². The van der Waals surface area contributed by atoms with E-state index >= 15 is 0 Å². The zero-order chi connectivity index (χ0) is 15.4. The van der Waals surface area contributed by atoms with Crippen LogP contribution >= 0.6 is 0 Å². The molecule has 1 aliphatic rings. The van der Waals surface area contributed by atoms with E-state index in [1.165, 1.54) is 5.56 Å². The maximum atomic E-state index is 5.81. The van der Waals surface area contributed by atoms with Gasteiger partial charge >= 0.3 is 0 Å². The Bertz CT molecular complexity index is 610. The van der Waals surface area contributed by atoms with Crippen molar-refractivity contribution in [1.82, 2.24) is 20.0 Å². The lowest BCUT2D eigenvalue weighted by molar-refractivity contribution is 0.195. The molecule has 0 saturated carbocycles. The number of hydrogen-bond donors (Lipinski definition) is 1. The van der Waals surface area contributed by atoms with Gasteiger partial charge in [0.25, 0.3) is 0 Å². The molecule has 5 nitrogen and oxygen atoms in total. The standard InChI is InChI=1S/C17H24N4O/c1-14-11-16(19-18-14)13-20(2)7-8-21-9-10-22-17-6-4-3-5-15(17)12-21/h3-6,11H,7-10,12-13H2,1-2H3,(H,18,19). The van der Waals surface area contributed by atoms with Gasteiger partial charge in [-0.05, 0) is 26.1 Å². The topological polar surface area (TPSA) is 44.4 Å². The van der Waals surface area contributed by atoms with Gasteiger partial charge in [-0.2, -0.15) is 5.10 Å². The fourth-order valence-corrected chi connectivity index (χ4v) is 2.79. The number of fused-ring (bicyclic) bond motifs is 1. The predicted octanol–water partition coefficient (Wildman–Crippen LogP) is 2.04. The molecule has 118 valence electrons. The molecular formula is C17H24N4O. The molecule has 0 atom stereocenters. The van der Waals surface area contributed by atoms with Gasteiger partial charge in [0.2, 0.25) is 0 Å². The molecular weight excluding hydrogens is 276 g/mol. The number of ether oxygens (including phenoxy) is 1. The molecule has 5 heteroatoms. The van der Waals surface area contributed by atoms with Gasteiger partial charge in [-0.1, -0.05) is 18.2 Å². The zero-order valence-corrected chi connectivity index (χ0v) is 13.4. The number of H-pyrrole nitrogens is 1. The maximum absolute atomic E-state index is 5.81. The first kappa shape index (κ1) is 15.1. The minimum absolute atomic E-state index is 0.763. The van der Waals surface area contributed by atoms with Crippen LogP contribution in [0.25, 0.3) is 0 Å². The fraction of sp³-hybridized carbons (Fsp3) is 0.471. The van der Waals surface area contributed by atoms with Crippen molar-refractivity contribution in [1.29, 1.82) is 0 Å². The molecule has 0 fully saturated rings. The number of para-hydroxylation sites is 1. The van der Waals surface area contributed by atoms with Crippen LogP contribution in [0.3, 0.4) is 0 Å². The smallest absolute Gasteiger partial charge is 0.123 e. The summed E-state index contributed by atoms with van der Waals surface area (Å²) in [5.74, 6) is 1.03. The summed E-state index contributed by atoms with van der Waals surface area (Å²) < 4.78 is 5.81. The Hall–Kier alpha value is -1.85. The van der Waals surface area contributed by atoms with Crippen LogP contribution in [-0.4, -0.2) is 53.3 Å². The van der Waals surface area contributed by atoms with Gasteiger partial charge in [0.05, 0.1) is 5.69 Å². The Morgan fingerprint density at radius 1 is 1.36 bits per heavy atom. The molecule has 0 spiro atoms. The zero-order valence-electron chi connectivity index (χ0n) is 13.4. The Kier molecular flexibility index (Phi) is 4.75. The third-order valence-electron chi connectivity index (χ3n) is 4.02. The molecule has 0 saturated heterocycles. The number of aryl methyl sites for hydroxylation is 1. The number of nitrogens with one attached hydrogen (secondary N) is 1. The number of rotatable bonds is 5. The minimum atomic E-state index is 0.763. The van der Waals surface area contributed by atoms with Crippen LogP contribution in [0.1, 0.15) is 17.0 Å². The number of likely N-dealkylation sites (N-methyl/N-ethyl adjacent to an activating group) is 1. The first-order valence-corrected chi connectivity index (χ1v) is 7.83. The van der Waals surface area contributed by atoms with Crippen LogP contribution in [-0.2, 0) is 13.1 Å². The van der Waals surface area contributed by atoms with Gasteiger partial charge in [0.15, 0.2) is 0 Å². The lowest BCUT2D eigenvalue weighted by Gasteiger charge is -2.23. The average Bonchev–Trinajstić information content (AvgIpc) is 2.80. The van der Waals surface area contributed by atoms with Gasteiger partial charge in [-0.15, -0.1) is 0 Å². The lowest BCUT2D eigenvalue weighted by Crippen LogP contribution is -2.34. The molecule has 0 radical (unpaired) electrons. The number of hydrogen-bond acceptors (Lipinski definition) is 4. The summed E-state index contributed by atoms with van der Waals surface area (Å²) in [7, 11) is 2.15. The van der Waals surface area contributed by atoms with Crippen molar-refractivity contribution in [2.24, 2.45) is 0 Å². The molecule has 1 aromatic carbocycles. The highest BCUT2D eigenvalue weighted by Crippen LogP contribution is 2.22. The van der Waals surface area contributed by atoms with Crippen LogP contribution in [0.2, 0.25) is 0 Å². The molecule has 3 rings (SSSR count). The van der Waals surface area contributed by atoms with Gasteiger partial charge in [0, 0.05) is 44.0 Å². The molecule has 22 heavy (non-hydrogen) atoms. The van der Waals surface area contributed by atoms with Crippen molar-refractivity contribution < 1.29 is 4.74 Å². The molecule has 0 amide bonds. The number of aromatic nitrogens is 2. The second-order valence-electron chi connectivity index (χ2n) is 6.01. The van der Waals surface area contributed by atoms with Crippen molar-refractivity contribution in [3.63, 3.8) is 0 Å². The normalized spacial score (nSPS) is 15.4. The van der Waals surface area contributed by atoms with E-state index in [4.69, 9.17) is 4.74 Å². The van der Waals surface area contributed by atoms with E-state index in [1.54, 1.807) is 0 Å². The molecule has 0 unspecified atom stereocenters. The largest absolute Gasteiger partial charge is 0.492 e. The second-order valence-corrected chi connectivity index (χ2v) is 6.01. The van der Waals surface area contributed by atoms with E-state index in [0.717, 1.165) is 56.5 Å². The number of nitrogens with zero attached hydrogens (tertiary/aromatic N) is 3. The van der Waals surface area contributed by atoms with Gasteiger partial charge < -0.3 is 4.74 Å². The van der Waals surface area contributed by atoms with Crippen molar-refractivity contribution >= 4 is 0 Å². The summed E-state index contributed by atoms with van der Waals surface area (Å²) in [5.41, 5.74) is 3.50. The first-order valence-electron chi connectivity index (χ1n) is 7.83. The van der Waals surface area contributed by atoms with Crippen LogP contribution in [0.5, 0.6) is 5.75 Å². The summed E-state index contributed by atoms with van der Waals surface area (Å²) in [4.78, 5) is 4.77. The lowest BCUT2D eigenvalue weighted by atomic mass is 10.2. The quantitative estimate of drug-likeness (QED) is 0.918. The molecule has 1 N–H and O–H groups in total. The molecule has 2 heterocycles. The predicted molar refractivity (Wildman–Crippen MR) is 86.9 cm³/mol. The van der Waals surface area contributed by atoms with Gasteiger partial charge in [0.1, 0.15) is 12.4 Å².